The standard InChI is InChI=1S/C23H27NO3/c1-26-20-9-8-18(14-21(20)27-2)23-11-10-19(25)15-22(23)24(13-12-23)16-17-6-4-3-5-7-17/h3-9,14,22H,10-13,15-16H2,1-2H3/t22-,23-/m0/s1. The van der Waals surface area contributed by atoms with Crippen LogP contribution in [0.2, 0.25) is 0 Å². The molecule has 2 atom stereocenters. The molecule has 1 saturated carbocycles. The van der Waals surface area contributed by atoms with Crippen molar-refractivity contribution < 1.29 is 14.3 Å². The van der Waals surface area contributed by atoms with E-state index in [-0.39, 0.29) is 11.5 Å². The molecule has 1 heterocycles. The zero-order valence-electron chi connectivity index (χ0n) is 16.1. The zero-order valence-corrected chi connectivity index (χ0v) is 16.1. The Morgan fingerprint density at radius 2 is 1.81 bits per heavy atom. The van der Waals surface area contributed by atoms with Crippen LogP contribution < -0.4 is 9.47 Å². The van der Waals surface area contributed by atoms with Crippen molar-refractivity contribution in [2.75, 3.05) is 20.8 Å². The van der Waals surface area contributed by atoms with Crippen molar-refractivity contribution in [3.63, 3.8) is 0 Å². The number of hydrogen-bond donors (Lipinski definition) is 0. The molecule has 0 amide bonds. The lowest BCUT2D eigenvalue weighted by Gasteiger charge is -2.42. The van der Waals surface area contributed by atoms with Crippen LogP contribution in [0.1, 0.15) is 36.8 Å². The zero-order chi connectivity index (χ0) is 18.9. The first-order valence-corrected chi connectivity index (χ1v) is 9.68. The molecule has 0 unspecified atom stereocenters. The quantitative estimate of drug-likeness (QED) is 0.804. The molecule has 1 saturated heterocycles. The van der Waals surface area contributed by atoms with Gasteiger partial charge >= 0.3 is 0 Å². The molecule has 2 aromatic carbocycles. The van der Waals surface area contributed by atoms with Gasteiger partial charge in [0.1, 0.15) is 5.78 Å². The van der Waals surface area contributed by atoms with Crippen LogP contribution in [-0.4, -0.2) is 37.5 Å². The maximum atomic E-state index is 12.3. The molecule has 2 aliphatic rings. The van der Waals surface area contributed by atoms with Crippen LogP contribution in [-0.2, 0) is 16.8 Å². The first kappa shape index (κ1) is 18.1. The van der Waals surface area contributed by atoms with Gasteiger partial charge in [0.2, 0.25) is 0 Å². The third kappa shape index (κ3) is 3.23. The molecule has 2 fully saturated rings. The molecule has 4 nitrogen and oxygen atoms in total. The van der Waals surface area contributed by atoms with Crippen molar-refractivity contribution in [1.29, 1.82) is 0 Å². The number of hydrogen-bond acceptors (Lipinski definition) is 4. The van der Waals surface area contributed by atoms with Gasteiger partial charge in [-0.25, -0.2) is 0 Å². The van der Waals surface area contributed by atoms with E-state index < -0.39 is 0 Å². The summed E-state index contributed by atoms with van der Waals surface area (Å²) in [5.74, 6) is 1.90. The fourth-order valence-corrected chi connectivity index (χ4v) is 4.95. The lowest BCUT2D eigenvalue weighted by atomic mass is 9.66. The molecule has 1 aliphatic heterocycles. The van der Waals surface area contributed by atoms with E-state index in [0.717, 1.165) is 37.4 Å². The van der Waals surface area contributed by atoms with Gasteiger partial charge in [0, 0.05) is 30.8 Å². The van der Waals surface area contributed by atoms with Crippen LogP contribution in [0.15, 0.2) is 48.5 Å². The molecule has 0 spiro atoms. The van der Waals surface area contributed by atoms with Crippen molar-refractivity contribution in [3.8, 4) is 11.5 Å². The second-order valence-corrected chi connectivity index (χ2v) is 7.69. The predicted molar refractivity (Wildman–Crippen MR) is 105 cm³/mol. The maximum absolute atomic E-state index is 12.3. The predicted octanol–water partition coefficient (Wildman–Crippen LogP) is 3.97. The minimum absolute atomic E-state index is 0.0161. The van der Waals surface area contributed by atoms with Gasteiger partial charge < -0.3 is 9.47 Å². The average molecular weight is 365 g/mol. The number of carbonyl (C=O) groups excluding carboxylic acids is 1. The van der Waals surface area contributed by atoms with E-state index in [0.29, 0.717) is 18.6 Å². The second kappa shape index (κ2) is 7.35. The summed E-state index contributed by atoms with van der Waals surface area (Å²) in [6, 6.07) is 17.1. The Labute approximate surface area is 161 Å². The summed E-state index contributed by atoms with van der Waals surface area (Å²) in [4.78, 5) is 14.8. The third-order valence-electron chi connectivity index (χ3n) is 6.38. The highest BCUT2D eigenvalue weighted by molar-refractivity contribution is 5.81. The number of nitrogens with zero attached hydrogens (tertiary/aromatic N) is 1. The Balaban J connectivity index is 1.68. The third-order valence-corrected chi connectivity index (χ3v) is 6.38. The smallest absolute Gasteiger partial charge is 0.161 e. The number of rotatable bonds is 5. The summed E-state index contributed by atoms with van der Waals surface area (Å²) >= 11 is 0. The number of methoxy groups -OCH3 is 2. The van der Waals surface area contributed by atoms with Crippen LogP contribution in [0.25, 0.3) is 0 Å². The van der Waals surface area contributed by atoms with E-state index in [4.69, 9.17) is 9.47 Å². The van der Waals surface area contributed by atoms with Crippen LogP contribution >= 0.6 is 0 Å². The van der Waals surface area contributed by atoms with E-state index in [1.165, 1.54) is 11.1 Å². The number of Topliss-reactive ketones (excluding diaryl/α,β-unsaturated/α-hetero) is 1. The highest BCUT2D eigenvalue weighted by Gasteiger charge is 2.51. The molecule has 0 aromatic heterocycles. The molecular formula is C23H27NO3. The summed E-state index contributed by atoms with van der Waals surface area (Å²) in [6.45, 7) is 1.91. The fourth-order valence-electron chi connectivity index (χ4n) is 4.95. The number of carbonyl (C=O) groups is 1. The number of ether oxygens (including phenoxy) is 2. The summed E-state index contributed by atoms with van der Waals surface area (Å²) in [7, 11) is 3.34. The van der Waals surface area contributed by atoms with E-state index in [1.54, 1.807) is 14.2 Å². The van der Waals surface area contributed by atoms with Gasteiger partial charge in [-0.2, -0.15) is 0 Å². The topological polar surface area (TPSA) is 38.8 Å². The lowest BCUT2D eigenvalue weighted by Crippen LogP contribution is -2.47. The van der Waals surface area contributed by atoms with Crippen LogP contribution in [0.4, 0.5) is 0 Å². The minimum Gasteiger partial charge on any atom is -0.493 e. The van der Waals surface area contributed by atoms with Crippen LogP contribution in [0, 0.1) is 0 Å². The average Bonchev–Trinajstić information content (AvgIpc) is 3.07. The van der Waals surface area contributed by atoms with E-state index in [1.807, 2.05) is 12.1 Å². The van der Waals surface area contributed by atoms with E-state index >= 15 is 0 Å². The normalized spacial score (nSPS) is 25.3. The van der Waals surface area contributed by atoms with Crippen molar-refractivity contribution in [2.24, 2.45) is 0 Å². The Hall–Kier alpha value is -2.33. The molecule has 0 radical (unpaired) electrons. The van der Waals surface area contributed by atoms with Crippen molar-refractivity contribution in [3.05, 3.63) is 59.7 Å². The maximum Gasteiger partial charge on any atom is 0.161 e. The van der Waals surface area contributed by atoms with Gasteiger partial charge in [0.25, 0.3) is 0 Å². The number of likely N-dealkylation sites (tertiary alicyclic amines) is 1. The van der Waals surface area contributed by atoms with Gasteiger partial charge in [0.05, 0.1) is 14.2 Å². The first-order valence-electron chi connectivity index (χ1n) is 9.68. The summed E-state index contributed by atoms with van der Waals surface area (Å²) in [5.41, 5.74) is 2.59. The Bertz CT molecular complexity index is 820. The minimum atomic E-state index is 0.0161. The number of ketones is 1. The molecule has 142 valence electrons. The van der Waals surface area contributed by atoms with Crippen molar-refractivity contribution in [1.82, 2.24) is 4.90 Å². The second-order valence-electron chi connectivity index (χ2n) is 7.69. The Morgan fingerprint density at radius 1 is 1.04 bits per heavy atom. The van der Waals surface area contributed by atoms with Crippen molar-refractivity contribution >= 4 is 5.78 Å². The summed E-state index contributed by atoms with van der Waals surface area (Å²) < 4.78 is 11.0. The summed E-state index contributed by atoms with van der Waals surface area (Å²) in [6.07, 6.45) is 3.30. The van der Waals surface area contributed by atoms with Gasteiger partial charge in [-0.05, 0) is 42.6 Å². The summed E-state index contributed by atoms with van der Waals surface area (Å²) in [5, 5.41) is 0. The lowest BCUT2D eigenvalue weighted by molar-refractivity contribution is -0.123. The fraction of sp³-hybridized carbons (Fsp3) is 0.435. The number of benzene rings is 2. The van der Waals surface area contributed by atoms with Crippen LogP contribution in [0.5, 0.6) is 11.5 Å². The first-order chi connectivity index (χ1) is 13.2. The molecule has 0 bridgehead atoms. The van der Waals surface area contributed by atoms with Gasteiger partial charge in [-0.3, -0.25) is 9.69 Å². The highest BCUT2D eigenvalue weighted by Crippen LogP contribution is 2.49. The monoisotopic (exact) mass is 365 g/mol. The molecule has 0 N–H and O–H groups in total. The largest absolute Gasteiger partial charge is 0.493 e. The van der Waals surface area contributed by atoms with E-state index in [2.05, 4.69) is 41.3 Å². The Kier molecular flexibility index (Phi) is 4.92. The molecule has 27 heavy (non-hydrogen) atoms. The van der Waals surface area contributed by atoms with Crippen LogP contribution in [0.3, 0.4) is 0 Å². The van der Waals surface area contributed by atoms with Gasteiger partial charge in [-0.15, -0.1) is 0 Å². The molecule has 4 rings (SSSR count). The van der Waals surface area contributed by atoms with Gasteiger partial charge in [0.15, 0.2) is 11.5 Å². The van der Waals surface area contributed by atoms with E-state index in [9.17, 15) is 4.79 Å². The molecular weight excluding hydrogens is 338 g/mol. The highest BCUT2D eigenvalue weighted by atomic mass is 16.5. The van der Waals surface area contributed by atoms with Gasteiger partial charge in [-0.1, -0.05) is 36.4 Å². The Morgan fingerprint density at radius 3 is 2.56 bits per heavy atom. The molecule has 4 heteroatoms. The molecule has 2 aromatic rings. The number of fused-ring (bicyclic) bond motifs is 1. The van der Waals surface area contributed by atoms with Crippen molar-refractivity contribution in [2.45, 2.75) is 43.7 Å². The molecule has 1 aliphatic carbocycles. The SMILES string of the molecule is COc1ccc([C@@]23CCC(=O)C[C@@H]2N(Cc2ccccc2)CC3)cc1OC.